The zero-order chi connectivity index (χ0) is 29.3. The van der Waals surface area contributed by atoms with Crippen LogP contribution >= 0.6 is 11.6 Å². The number of esters is 1. The van der Waals surface area contributed by atoms with Crippen LogP contribution in [-0.2, 0) is 11.2 Å². The number of fused-ring (bicyclic) bond motifs is 1. The molecule has 1 N–H and O–H groups in total. The fourth-order valence-corrected chi connectivity index (χ4v) is 5.63. The van der Waals surface area contributed by atoms with E-state index in [1.807, 2.05) is 40.8 Å². The molecular weight excluding hydrogens is 540 g/mol. The number of aromatic nitrogens is 1. The van der Waals surface area contributed by atoms with Crippen molar-refractivity contribution in [3.63, 3.8) is 0 Å². The summed E-state index contributed by atoms with van der Waals surface area (Å²) in [5.41, 5.74) is -0.0565. The van der Waals surface area contributed by atoms with Crippen molar-refractivity contribution < 1.29 is 23.1 Å². The van der Waals surface area contributed by atoms with E-state index in [0.29, 0.717) is 18.4 Å². The number of hydrogen-bond donors (Lipinski definition) is 1. The largest absolute Gasteiger partial charge is 0.462 e. The maximum absolute atomic E-state index is 15.5. The van der Waals surface area contributed by atoms with Gasteiger partial charge in [0, 0.05) is 24.0 Å². The quantitative estimate of drug-likeness (QED) is 0.198. The van der Waals surface area contributed by atoms with Crippen LogP contribution in [0.2, 0.25) is 23.2 Å². The highest BCUT2D eigenvalue weighted by Gasteiger charge is 2.38. The first-order valence-corrected chi connectivity index (χ1v) is 16.6. The Bertz CT molecular complexity index is 1430. The number of pyridine rings is 1. The average molecular weight is 578 g/mol. The molecule has 5 nitrogen and oxygen atoms in total. The van der Waals surface area contributed by atoms with Gasteiger partial charge in [0.15, 0.2) is 8.32 Å². The molecule has 212 valence electrons. The molecular formula is C30H38ClF2NO4Si. The third kappa shape index (κ3) is 6.61. The highest BCUT2D eigenvalue weighted by molar-refractivity contribution is 6.72. The molecule has 0 fully saturated rings. The Hall–Kier alpha value is -2.55. The zero-order valence-electron chi connectivity index (χ0n) is 23.7. The van der Waals surface area contributed by atoms with Gasteiger partial charge < -0.3 is 14.1 Å². The van der Waals surface area contributed by atoms with Crippen LogP contribution in [0.3, 0.4) is 0 Å². The van der Waals surface area contributed by atoms with Crippen molar-refractivity contribution >= 4 is 36.8 Å². The molecule has 0 unspecified atom stereocenters. The van der Waals surface area contributed by atoms with E-state index < -0.39 is 31.3 Å². The highest BCUT2D eigenvalue weighted by Crippen LogP contribution is 2.43. The molecule has 1 aromatic heterocycles. The first-order chi connectivity index (χ1) is 18.1. The fourth-order valence-electron chi connectivity index (χ4n) is 4.68. The predicted molar refractivity (Wildman–Crippen MR) is 155 cm³/mol. The molecule has 1 atom stereocenters. The number of nitrogens with zero attached hydrogens (tertiary/aromatic N) is 1. The van der Waals surface area contributed by atoms with Gasteiger partial charge in [-0.1, -0.05) is 51.4 Å². The fraction of sp³-hybridized carbons (Fsp3) is 0.467. The van der Waals surface area contributed by atoms with Gasteiger partial charge in [-0.3, -0.25) is 4.79 Å². The summed E-state index contributed by atoms with van der Waals surface area (Å²) in [7, 11) is -2.49. The first-order valence-electron chi connectivity index (χ1n) is 13.3. The molecule has 3 aromatic rings. The first kappa shape index (κ1) is 31.0. The van der Waals surface area contributed by atoms with Gasteiger partial charge in [-0.05, 0) is 73.1 Å². The van der Waals surface area contributed by atoms with Crippen LogP contribution in [0.1, 0.15) is 75.0 Å². The third-order valence-electron chi connectivity index (χ3n) is 7.96. The van der Waals surface area contributed by atoms with Crippen LogP contribution in [0.15, 0.2) is 41.3 Å². The van der Waals surface area contributed by atoms with E-state index in [1.165, 1.54) is 30.5 Å². The van der Waals surface area contributed by atoms with Crippen LogP contribution in [0.5, 0.6) is 0 Å². The summed E-state index contributed by atoms with van der Waals surface area (Å²) < 4.78 is 37.1. The van der Waals surface area contributed by atoms with E-state index in [0.717, 1.165) is 0 Å². The molecule has 0 saturated carbocycles. The van der Waals surface area contributed by atoms with Gasteiger partial charge in [0.25, 0.3) is 0 Å². The summed E-state index contributed by atoms with van der Waals surface area (Å²) in [5.74, 6) is -1.93. The molecule has 3 rings (SSSR count). The summed E-state index contributed by atoms with van der Waals surface area (Å²) in [6, 6.07) is 6.99. The van der Waals surface area contributed by atoms with Crippen LogP contribution in [0.25, 0.3) is 10.9 Å². The zero-order valence-corrected chi connectivity index (χ0v) is 25.5. The van der Waals surface area contributed by atoms with Gasteiger partial charge >= 0.3 is 5.97 Å². The lowest BCUT2D eigenvalue weighted by molar-refractivity contribution is 0.0523. The number of halogens is 3. The smallest absolute Gasteiger partial charge is 0.343 e. The number of benzene rings is 2. The number of carbonyl (C=O) groups excluding carboxylic acids is 1. The van der Waals surface area contributed by atoms with E-state index in [2.05, 4.69) is 0 Å². The average Bonchev–Trinajstić information content (AvgIpc) is 2.83. The summed E-state index contributed by atoms with van der Waals surface area (Å²) in [5, 5.41) is -0.211. The molecule has 9 heteroatoms. The van der Waals surface area contributed by atoms with Crippen LogP contribution in [0, 0.1) is 17.6 Å². The van der Waals surface area contributed by atoms with Crippen LogP contribution in [0.4, 0.5) is 8.78 Å². The molecule has 39 heavy (non-hydrogen) atoms. The predicted octanol–water partition coefficient (Wildman–Crippen LogP) is 7.66. The van der Waals surface area contributed by atoms with Crippen molar-refractivity contribution in [2.24, 2.45) is 5.92 Å². The number of rotatable bonds is 10. The Balaban J connectivity index is 2.23. The number of ether oxygens (including phenoxy) is 1. The van der Waals surface area contributed by atoms with E-state index in [-0.39, 0.29) is 57.1 Å². The molecule has 0 aliphatic rings. The molecule has 1 heterocycles. The highest BCUT2D eigenvalue weighted by atomic mass is 35.5. The van der Waals surface area contributed by atoms with Crippen molar-refractivity contribution in [2.75, 3.05) is 6.61 Å². The lowest BCUT2D eigenvalue weighted by Gasteiger charge is -2.37. The number of carbonyl (C=O) groups is 1. The standard InChI is InChI=1S/C30H38ClF2NO4Si/c1-8-38-29(36)22-17-34(25(18(2)3)12-13-30(4,5)39(6,7)37)26-16-24(32)20(15-21(26)28(22)35)14-19-10-9-11-23(31)27(19)33/h9-11,15-18,25,37H,8,12-14H2,1-7H3/t25-/m1/s1. The molecule has 0 aliphatic heterocycles. The lowest BCUT2D eigenvalue weighted by atomic mass is 9.93. The van der Waals surface area contributed by atoms with Crippen molar-refractivity contribution in [1.82, 2.24) is 4.57 Å². The van der Waals surface area contributed by atoms with Gasteiger partial charge in [0.2, 0.25) is 5.43 Å². The van der Waals surface area contributed by atoms with Crippen LogP contribution < -0.4 is 5.43 Å². The molecule has 0 aliphatic carbocycles. The summed E-state index contributed by atoms with van der Waals surface area (Å²) >= 11 is 5.91. The monoisotopic (exact) mass is 577 g/mol. The second kappa shape index (κ2) is 11.9. The van der Waals surface area contributed by atoms with Gasteiger partial charge in [-0.15, -0.1) is 0 Å². The SMILES string of the molecule is CCOC(=O)c1cn([C@H](CCC(C)(C)[Si](C)(C)O)C(C)C)c2cc(F)c(Cc3cccc(Cl)c3F)cc2c1=O. The Morgan fingerprint density at radius 1 is 1.18 bits per heavy atom. The Kier molecular flexibility index (Phi) is 9.45. The molecule has 0 bridgehead atoms. The Morgan fingerprint density at radius 2 is 1.85 bits per heavy atom. The minimum atomic E-state index is -2.49. The second-order valence-corrected chi connectivity index (χ2v) is 16.5. The molecule has 0 saturated heterocycles. The van der Waals surface area contributed by atoms with E-state index in [9.17, 15) is 18.8 Å². The van der Waals surface area contributed by atoms with Crippen molar-refractivity contribution in [2.45, 2.75) is 78.1 Å². The summed E-state index contributed by atoms with van der Waals surface area (Å²) in [6.45, 7) is 13.7. The van der Waals surface area contributed by atoms with Crippen LogP contribution in [-0.4, -0.2) is 30.3 Å². The molecule has 0 spiro atoms. The third-order valence-corrected chi connectivity index (χ3v) is 11.8. The van der Waals surface area contributed by atoms with Gasteiger partial charge in [0.05, 0.1) is 17.1 Å². The van der Waals surface area contributed by atoms with E-state index >= 15 is 4.39 Å². The van der Waals surface area contributed by atoms with Gasteiger partial charge in [0.1, 0.15) is 17.2 Å². The second-order valence-electron chi connectivity index (χ2n) is 11.6. The Labute approximate surface area is 234 Å². The van der Waals surface area contributed by atoms with Crippen molar-refractivity contribution in [3.05, 3.63) is 80.1 Å². The minimum absolute atomic E-state index is 0.0633. The normalized spacial score (nSPS) is 13.2. The summed E-state index contributed by atoms with van der Waals surface area (Å²) in [4.78, 5) is 37.2. The lowest BCUT2D eigenvalue weighted by Crippen LogP contribution is -2.39. The maximum Gasteiger partial charge on any atom is 0.343 e. The maximum atomic E-state index is 15.5. The number of hydrogen-bond acceptors (Lipinski definition) is 4. The Morgan fingerprint density at radius 3 is 2.44 bits per heavy atom. The molecule has 2 aromatic carbocycles. The topological polar surface area (TPSA) is 68.5 Å². The van der Waals surface area contributed by atoms with Crippen molar-refractivity contribution in [1.29, 1.82) is 0 Å². The minimum Gasteiger partial charge on any atom is -0.462 e. The van der Waals surface area contributed by atoms with E-state index in [1.54, 1.807) is 17.6 Å². The van der Waals surface area contributed by atoms with E-state index in [4.69, 9.17) is 16.3 Å². The van der Waals surface area contributed by atoms with Crippen molar-refractivity contribution in [3.8, 4) is 0 Å². The van der Waals surface area contributed by atoms with Gasteiger partial charge in [-0.25, -0.2) is 13.6 Å². The summed E-state index contributed by atoms with van der Waals surface area (Å²) in [6.07, 6.45) is 2.69. The molecule has 0 radical (unpaired) electrons. The molecule has 0 amide bonds. The van der Waals surface area contributed by atoms with Gasteiger partial charge in [-0.2, -0.15) is 0 Å².